The van der Waals surface area contributed by atoms with Gasteiger partial charge in [-0.25, -0.2) is 4.98 Å². The highest BCUT2D eigenvalue weighted by molar-refractivity contribution is 14.0. The molecular formula is C18H22IN5. The Bertz CT molecular complexity index is 811. The lowest BCUT2D eigenvalue weighted by Crippen LogP contribution is -2.36. The molecule has 1 aromatic carbocycles. The first-order chi connectivity index (χ1) is 11.3. The quantitative estimate of drug-likeness (QED) is 0.376. The molecule has 0 aliphatic carbocycles. The van der Waals surface area contributed by atoms with Gasteiger partial charge in [-0.2, -0.15) is 0 Å². The van der Waals surface area contributed by atoms with E-state index in [0.717, 1.165) is 23.8 Å². The van der Waals surface area contributed by atoms with Gasteiger partial charge in [0.1, 0.15) is 5.65 Å². The molecule has 0 atom stereocenters. The van der Waals surface area contributed by atoms with Crippen molar-refractivity contribution in [3.63, 3.8) is 0 Å². The van der Waals surface area contributed by atoms with Crippen molar-refractivity contribution in [3.05, 3.63) is 71.7 Å². The fourth-order valence-electron chi connectivity index (χ4n) is 2.46. The Morgan fingerprint density at radius 1 is 1.04 bits per heavy atom. The molecule has 3 aromatic rings. The first-order valence-electron chi connectivity index (χ1n) is 7.68. The summed E-state index contributed by atoms with van der Waals surface area (Å²) < 4.78 is 2.09. The average Bonchev–Trinajstić information content (AvgIpc) is 3.00. The highest BCUT2D eigenvalue weighted by Gasteiger charge is 2.04. The number of halogens is 1. The number of nitrogens with one attached hydrogen (secondary N) is 2. The maximum Gasteiger partial charge on any atom is 0.191 e. The largest absolute Gasteiger partial charge is 0.352 e. The third-order valence-electron chi connectivity index (χ3n) is 3.71. The van der Waals surface area contributed by atoms with E-state index in [1.807, 2.05) is 30.3 Å². The van der Waals surface area contributed by atoms with Crippen molar-refractivity contribution in [3.8, 4) is 0 Å². The third kappa shape index (κ3) is 4.47. The minimum Gasteiger partial charge on any atom is -0.352 e. The zero-order valence-electron chi connectivity index (χ0n) is 13.9. The van der Waals surface area contributed by atoms with Gasteiger partial charge in [-0.15, -0.1) is 24.0 Å². The zero-order valence-corrected chi connectivity index (χ0v) is 16.2. The summed E-state index contributed by atoms with van der Waals surface area (Å²) in [6.07, 6.45) is 2.06. The van der Waals surface area contributed by atoms with E-state index < -0.39 is 0 Å². The molecule has 0 amide bonds. The molecule has 0 saturated heterocycles. The fourth-order valence-corrected chi connectivity index (χ4v) is 2.46. The third-order valence-corrected chi connectivity index (χ3v) is 3.71. The lowest BCUT2D eigenvalue weighted by molar-refractivity contribution is 0.798. The van der Waals surface area contributed by atoms with E-state index in [2.05, 4.69) is 56.3 Å². The van der Waals surface area contributed by atoms with Crippen LogP contribution in [0.4, 0.5) is 0 Å². The van der Waals surface area contributed by atoms with Crippen LogP contribution in [0.1, 0.15) is 17.0 Å². The monoisotopic (exact) mass is 435 g/mol. The smallest absolute Gasteiger partial charge is 0.191 e. The van der Waals surface area contributed by atoms with Crippen molar-refractivity contribution in [2.45, 2.75) is 20.0 Å². The van der Waals surface area contributed by atoms with Gasteiger partial charge < -0.3 is 15.0 Å². The Labute approximate surface area is 159 Å². The molecule has 24 heavy (non-hydrogen) atoms. The molecule has 0 saturated carbocycles. The Kier molecular flexibility index (Phi) is 6.60. The SMILES string of the molecule is CN=C(NCc1ccccc1)NCc1cn2c(C)cccc2n1.I. The Hall–Kier alpha value is -2.09. The topological polar surface area (TPSA) is 53.7 Å². The molecular weight excluding hydrogens is 413 g/mol. The minimum atomic E-state index is 0. The van der Waals surface area contributed by atoms with Gasteiger partial charge in [0.25, 0.3) is 0 Å². The first kappa shape index (κ1) is 18.3. The summed E-state index contributed by atoms with van der Waals surface area (Å²) in [7, 11) is 1.77. The van der Waals surface area contributed by atoms with E-state index in [-0.39, 0.29) is 24.0 Å². The van der Waals surface area contributed by atoms with Gasteiger partial charge in [0.05, 0.1) is 12.2 Å². The number of aliphatic imine (C=N–C) groups is 1. The molecule has 0 aliphatic rings. The molecule has 0 spiro atoms. The molecule has 126 valence electrons. The summed E-state index contributed by atoms with van der Waals surface area (Å²) >= 11 is 0. The Morgan fingerprint density at radius 3 is 2.50 bits per heavy atom. The predicted molar refractivity (Wildman–Crippen MR) is 109 cm³/mol. The van der Waals surface area contributed by atoms with Gasteiger partial charge in [0, 0.05) is 25.5 Å². The van der Waals surface area contributed by atoms with E-state index in [4.69, 9.17) is 0 Å². The summed E-state index contributed by atoms with van der Waals surface area (Å²) in [6.45, 7) is 3.45. The summed E-state index contributed by atoms with van der Waals surface area (Å²) in [5.41, 5.74) is 4.35. The number of fused-ring (bicyclic) bond motifs is 1. The number of nitrogens with zero attached hydrogens (tertiary/aromatic N) is 3. The zero-order chi connectivity index (χ0) is 16.1. The van der Waals surface area contributed by atoms with Gasteiger partial charge in [-0.3, -0.25) is 4.99 Å². The molecule has 0 fully saturated rings. The van der Waals surface area contributed by atoms with Gasteiger partial charge in [-0.05, 0) is 24.6 Å². The minimum absolute atomic E-state index is 0. The summed E-state index contributed by atoms with van der Waals surface area (Å²) in [5, 5.41) is 6.60. The van der Waals surface area contributed by atoms with Crippen LogP contribution in [-0.2, 0) is 13.1 Å². The second kappa shape index (κ2) is 8.68. The van der Waals surface area contributed by atoms with E-state index in [0.29, 0.717) is 6.54 Å². The average molecular weight is 435 g/mol. The van der Waals surface area contributed by atoms with Crippen molar-refractivity contribution < 1.29 is 0 Å². The lowest BCUT2D eigenvalue weighted by Gasteiger charge is -2.10. The maximum atomic E-state index is 4.62. The first-order valence-corrected chi connectivity index (χ1v) is 7.68. The van der Waals surface area contributed by atoms with Crippen molar-refractivity contribution in [1.29, 1.82) is 0 Å². The number of aromatic nitrogens is 2. The van der Waals surface area contributed by atoms with Crippen LogP contribution in [0.5, 0.6) is 0 Å². The standard InChI is InChI=1S/C18H21N5.HI/c1-14-7-6-10-17-22-16(13-23(14)17)12-21-18(19-2)20-11-15-8-4-3-5-9-15;/h3-10,13H,11-12H2,1-2H3,(H2,19,20,21);1H. The van der Waals surface area contributed by atoms with E-state index in [1.165, 1.54) is 11.3 Å². The van der Waals surface area contributed by atoms with Crippen LogP contribution in [-0.4, -0.2) is 22.4 Å². The molecule has 0 aliphatic heterocycles. The van der Waals surface area contributed by atoms with E-state index in [1.54, 1.807) is 7.05 Å². The van der Waals surface area contributed by atoms with Gasteiger partial charge >= 0.3 is 0 Å². The maximum absolute atomic E-state index is 4.62. The molecule has 2 N–H and O–H groups in total. The molecule has 3 rings (SSSR count). The summed E-state index contributed by atoms with van der Waals surface area (Å²) in [5.74, 6) is 0.766. The summed E-state index contributed by atoms with van der Waals surface area (Å²) in [4.78, 5) is 8.87. The molecule has 0 radical (unpaired) electrons. The molecule has 6 heteroatoms. The van der Waals surface area contributed by atoms with Gasteiger partial charge in [0.2, 0.25) is 0 Å². The van der Waals surface area contributed by atoms with Crippen LogP contribution < -0.4 is 10.6 Å². The molecule has 0 unspecified atom stereocenters. The van der Waals surface area contributed by atoms with Gasteiger partial charge in [-0.1, -0.05) is 36.4 Å². The van der Waals surface area contributed by atoms with E-state index in [9.17, 15) is 0 Å². The van der Waals surface area contributed by atoms with Crippen molar-refractivity contribution in [2.75, 3.05) is 7.05 Å². The second-order valence-electron chi connectivity index (χ2n) is 5.39. The van der Waals surface area contributed by atoms with Gasteiger partial charge in [0.15, 0.2) is 5.96 Å². The van der Waals surface area contributed by atoms with E-state index >= 15 is 0 Å². The Balaban J connectivity index is 0.00000208. The normalized spacial score (nSPS) is 11.2. The molecule has 5 nitrogen and oxygen atoms in total. The molecule has 0 bridgehead atoms. The van der Waals surface area contributed by atoms with Crippen molar-refractivity contribution in [1.82, 2.24) is 20.0 Å². The number of imidazole rings is 1. The molecule has 2 heterocycles. The Morgan fingerprint density at radius 2 is 1.79 bits per heavy atom. The molecule has 2 aromatic heterocycles. The highest BCUT2D eigenvalue weighted by atomic mass is 127. The van der Waals surface area contributed by atoms with Crippen molar-refractivity contribution in [2.24, 2.45) is 4.99 Å². The number of hydrogen-bond donors (Lipinski definition) is 2. The van der Waals surface area contributed by atoms with Crippen LogP contribution in [0.25, 0.3) is 5.65 Å². The lowest BCUT2D eigenvalue weighted by atomic mass is 10.2. The number of hydrogen-bond acceptors (Lipinski definition) is 2. The fraction of sp³-hybridized carbons (Fsp3) is 0.222. The van der Waals surface area contributed by atoms with Crippen LogP contribution in [0, 0.1) is 6.92 Å². The highest BCUT2D eigenvalue weighted by Crippen LogP contribution is 2.08. The van der Waals surface area contributed by atoms with Crippen molar-refractivity contribution >= 4 is 35.6 Å². The number of aryl methyl sites for hydroxylation is 1. The number of benzene rings is 1. The summed E-state index contributed by atoms with van der Waals surface area (Å²) in [6, 6.07) is 16.4. The van der Waals surface area contributed by atoms with Crippen LogP contribution in [0.3, 0.4) is 0 Å². The van der Waals surface area contributed by atoms with Crippen LogP contribution >= 0.6 is 24.0 Å². The van der Waals surface area contributed by atoms with Crippen LogP contribution in [0.15, 0.2) is 59.7 Å². The number of guanidine groups is 1. The predicted octanol–water partition coefficient (Wildman–Crippen LogP) is 3.13. The number of pyridine rings is 1. The second-order valence-corrected chi connectivity index (χ2v) is 5.39. The number of rotatable bonds is 4. The van der Waals surface area contributed by atoms with Crippen LogP contribution in [0.2, 0.25) is 0 Å².